The molecule has 0 radical (unpaired) electrons. The Morgan fingerprint density at radius 1 is 1.11 bits per heavy atom. The minimum absolute atomic E-state index is 0.220. The van der Waals surface area contributed by atoms with Crippen LogP contribution in [0.1, 0.15) is 42.4 Å². The van der Waals surface area contributed by atoms with Crippen LogP contribution < -0.4 is 14.9 Å². The molecule has 7 nitrogen and oxygen atoms in total. The number of aromatic nitrogens is 3. The Balaban J connectivity index is 1.70. The number of para-hydroxylation sites is 1. The van der Waals surface area contributed by atoms with Crippen molar-refractivity contribution in [2.24, 2.45) is 4.99 Å². The van der Waals surface area contributed by atoms with Gasteiger partial charge in [0.2, 0.25) is 0 Å². The third-order valence-electron chi connectivity index (χ3n) is 6.33. The summed E-state index contributed by atoms with van der Waals surface area (Å²) >= 11 is 7.42. The van der Waals surface area contributed by atoms with Crippen LogP contribution in [0, 0.1) is 13.8 Å². The molecule has 0 unspecified atom stereocenters. The van der Waals surface area contributed by atoms with Gasteiger partial charge in [0.15, 0.2) is 4.80 Å². The van der Waals surface area contributed by atoms with E-state index in [1.54, 1.807) is 30.5 Å². The number of hydrogen-bond acceptors (Lipinski definition) is 6. The standard InChI is InChI=1S/C28H25ClN4O3S/c1-5-36-27(35)24-17(3)30-28-32(25(24)19-11-13-20(29)14-12-19)26(34)23(37-28)15-22-16(2)31-33(18(22)4)21-9-7-6-8-10-21/h6-15,25H,5H2,1-4H3/b23-15+/t25-/m1/s1. The number of thiazole rings is 1. The molecule has 0 spiro atoms. The SMILES string of the molecule is CCOC(=O)C1=C(C)N=c2s/c(=C/c3c(C)nn(-c4ccccc4)c3C)c(=O)n2[C@@H]1c1ccc(Cl)cc1. The summed E-state index contributed by atoms with van der Waals surface area (Å²) < 4.78 is 9.30. The van der Waals surface area contributed by atoms with Gasteiger partial charge < -0.3 is 4.74 Å². The van der Waals surface area contributed by atoms with Crippen molar-refractivity contribution in [3.05, 3.63) is 113 Å². The highest BCUT2D eigenvalue weighted by atomic mass is 35.5. The molecular formula is C28H25ClN4O3S. The van der Waals surface area contributed by atoms with Gasteiger partial charge in [-0.3, -0.25) is 9.36 Å². The fourth-order valence-electron chi connectivity index (χ4n) is 4.57. The second-order valence-corrected chi connectivity index (χ2v) is 10.1. The summed E-state index contributed by atoms with van der Waals surface area (Å²) in [5.74, 6) is -0.492. The first-order chi connectivity index (χ1) is 17.8. The van der Waals surface area contributed by atoms with Gasteiger partial charge in [0.25, 0.3) is 5.56 Å². The summed E-state index contributed by atoms with van der Waals surface area (Å²) in [4.78, 5) is 32.0. The Bertz CT molecular complexity index is 1710. The van der Waals surface area contributed by atoms with Gasteiger partial charge in [-0.2, -0.15) is 5.10 Å². The lowest BCUT2D eigenvalue weighted by molar-refractivity contribution is -0.139. The van der Waals surface area contributed by atoms with Crippen LogP contribution in [0.5, 0.6) is 0 Å². The van der Waals surface area contributed by atoms with Crippen LogP contribution in [0.25, 0.3) is 11.8 Å². The van der Waals surface area contributed by atoms with Crippen LogP contribution in [-0.2, 0) is 9.53 Å². The van der Waals surface area contributed by atoms with E-state index >= 15 is 0 Å². The molecule has 2 aromatic carbocycles. The van der Waals surface area contributed by atoms with E-state index in [2.05, 4.69) is 4.99 Å². The molecule has 0 aliphatic carbocycles. The fraction of sp³-hybridized carbons (Fsp3) is 0.214. The third kappa shape index (κ3) is 4.47. The van der Waals surface area contributed by atoms with Gasteiger partial charge in [0.05, 0.1) is 39.8 Å². The van der Waals surface area contributed by atoms with Crippen molar-refractivity contribution in [1.82, 2.24) is 14.3 Å². The number of ether oxygens (including phenoxy) is 1. The number of carbonyl (C=O) groups excluding carboxylic acids is 1. The van der Waals surface area contributed by atoms with E-state index in [1.165, 1.54) is 11.3 Å². The maximum atomic E-state index is 13.9. The molecule has 0 amide bonds. The van der Waals surface area contributed by atoms with Crippen LogP contribution in [0.2, 0.25) is 5.02 Å². The third-order valence-corrected chi connectivity index (χ3v) is 7.56. The van der Waals surface area contributed by atoms with Crippen LogP contribution in [-0.4, -0.2) is 26.9 Å². The molecule has 1 aliphatic rings. The van der Waals surface area contributed by atoms with Gasteiger partial charge in [-0.05, 0) is 63.6 Å². The molecular weight excluding hydrogens is 508 g/mol. The smallest absolute Gasteiger partial charge is 0.338 e. The number of allylic oxidation sites excluding steroid dienone is 1. The quantitative estimate of drug-likeness (QED) is 0.360. The first kappa shape index (κ1) is 24.9. The normalized spacial score (nSPS) is 15.5. The molecule has 37 heavy (non-hydrogen) atoms. The number of benzene rings is 2. The summed E-state index contributed by atoms with van der Waals surface area (Å²) in [5, 5.41) is 5.27. The minimum Gasteiger partial charge on any atom is -0.463 e. The first-order valence-corrected chi connectivity index (χ1v) is 13.1. The summed E-state index contributed by atoms with van der Waals surface area (Å²) in [6.45, 7) is 7.65. The number of halogens is 1. The van der Waals surface area contributed by atoms with E-state index < -0.39 is 12.0 Å². The average molecular weight is 533 g/mol. The molecule has 0 saturated carbocycles. The van der Waals surface area contributed by atoms with Gasteiger partial charge in [-0.25, -0.2) is 14.5 Å². The molecule has 5 rings (SSSR count). The molecule has 0 N–H and O–H groups in total. The molecule has 1 aliphatic heterocycles. The Kier molecular flexibility index (Phi) is 6.70. The van der Waals surface area contributed by atoms with E-state index in [1.807, 2.05) is 67.1 Å². The zero-order chi connectivity index (χ0) is 26.3. The number of hydrogen-bond donors (Lipinski definition) is 0. The van der Waals surface area contributed by atoms with Crippen LogP contribution in [0.3, 0.4) is 0 Å². The van der Waals surface area contributed by atoms with Crippen molar-refractivity contribution < 1.29 is 9.53 Å². The maximum absolute atomic E-state index is 13.9. The zero-order valence-electron chi connectivity index (χ0n) is 20.9. The maximum Gasteiger partial charge on any atom is 0.338 e. The number of rotatable bonds is 5. The van der Waals surface area contributed by atoms with Gasteiger partial charge >= 0.3 is 5.97 Å². The first-order valence-electron chi connectivity index (χ1n) is 11.9. The van der Waals surface area contributed by atoms with Gasteiger partial charge in [-0.15, -0.1) is 0 Å². The molecule has 188 valence electrons. The lowest BCUT2D eigenvalue weighted by Gasteiger charge is -2.24. The highest BCUT2D eigenvalue weighted by Gasteiger charge is 2.33. The minimum atomic E-state index is -0.677. The van der Waals surface area contributed by atoms with Crippen LogP contribution in [0.15, 0.2) is 75.7 Å². The van der Waals surface area contributed by atoms with E-state index in [9.17, 15) is 9.59 Å². The van der Waals surface area contributed by atoms with Crippen molar-refractivity contribution in [2.75, 3.05) is 6.61 Å². The number of fused-ring (bicyclic) bond motifs is 1. The monoisotopic (exact) mass is 532 g/mol. The number of nitrogens with zero attached hydrogens (tertiary/aromatic N) is 4. The van der Waals surface area contributed by atoms with Crippen molar-refractivity contribution in [3.63, 3.8) is 0 Å². The number of aryl methyl sites for hydroxylation is 1. The molecule has 9 heteroatoms. The topological polar surface area (TPSA) is 78.5 Å². The average Bonchev–Trinajstić information content (AvgIpc) is 3.34. The number of esters is 1. The molecule has 2 aromatic heterocycles. The molecule has 0 bridgehead atoms. The van der Waals surface area contributed by atoms with E-state index in [0.29, 0.717) is 25.6 Å². The number of carbonyl (C=O) groups is 1. The fourth-order valence-corrected chi connectivity index (χ4v) is 5.72. The second-order valence-electron chi connectivity index (χ2n) is 8.69. The van der Waals surface area contributed by atoms with Gasteiger partial charge in [-0.1, -0.05) is 53.3 Å². The highest BCUT2D eigenvalue weighted by molar-refractivity contribution is 7.07. The molecule has 4 aromatic rings. The molecule has 0 fully saturated rings. The Morgan fingerprint density at radius 2 is 1.81 bits per heavy atom. The second kappa shape index (κ2) is 9.95. The van der Waals surface area contributed by atoms with Crippen molar-refractivity contribution in [2.45, 2.75) is 33.7 Å². The predicted octanol–water partition coefficient (Wildman–Crippen LogP) is 4.25. The van der Waals surface area contributed by atoms with Crippen molar-refractivity contribution >= 4 is 35.0 Å². The zero-order valence-corrected chi connectivity index (χ0v) is 22.4. The largest absolute Gasteiger partial charge is 0.463 e. The molecule has 3 heterocycles. The lowest BCUT2D eigenvalue weighted by atomic mass is 9.96. The summed E-state index contributed by atoms with van der Waals surface area (Å²) in [7, 11) is 0. The summed E-state index contributed by atoms with van der Waals surface area (Å²) in [5.41, 5.74) is 4.93. The molecule has 0 saturated heterocycles. The van der Waals surface area contributed by atoms with Crippen LogP contribution in [0.4, 0.5) is 0 Å². The summed E-state index contributed by atoms with van der Waals surface area (Å²) in [6, 6.07) is 16.3. The highest BCUT2D eigenvalue weighted by Crippen LogP contribution is 2.31. The van der Waals surface area contributed by atoms with E-state index in [0.717, 1.165) is 28.2 Å². The predicted molar refractivity (Wildman–Crippen MR) is 145 cm³/mol. The van der Waals surface area contributed by atoms with Crippen molar-refractivity contribution in [3.8, 4) is 5.69 Å². The van der Waals surface area contributed by atoms with Gasteiger partial charge in [0, 0.05) is 16.3 Å². The molecule has 1 atom stereocenters. The summed E-state index contributed by atoms with van der Waals surface area (Å²) in [6.07, 6.45) is 1.86. The Hall–Kier alpha value is -3.75. The lowest BCUT2D eigenvalue weighted by Crippen LogP contribution is -2.39. The Labute approximate surface area is 222 Å². The van der Waals surface area contributed by atoms with E-state index in [4.69, 9.17) is 21.4 Å². The van der Waals surface area contributed by atoms with E-state index in [-0.39, 0.29) is 12.2 Å². The van der Waals surface area contributed by atoms with Crippen molar-refractivity contribution in [1.29, 1.82) is 0 Å². The van der Waals surface area contributed by atoms with Crippen LogP contribution >= 0.6 is 22.9 Å². The Morgan fingerprint density at radius 3 is 2.49 bits per heavy atom. The van der Waals surface area contributed by atoms with Gasteiger partial charge in [0.1, 0.15) is 0 Å².